The maximum Gasteiger partial charge on any atom is 0.493 e. The molecule has 1 aliphatic heterocycles. The highest BCUT2D eigenvalue weighted by molar-refractivity contribution is 6.04. The summed E-state index contributed by atoms with van der Waals surface area (Å²) in [5.41, 5.74) is 5.23. The second kappa shape index (κ2) is 8.64. The number of aliphatic imine (C=N–C) groups is 1. The van der Waals surface area contributed by atoms with E-state index in [9.17, 15) is 18.0 Å². The minimum Gasteiger partial charge on any atom is -0.334 e. The number of carbonyl (C=O) groups is 1. The van der Waals surface area contributed by atoms with E-state index in [0.29, 0.717) is 11.1 Å². The summed E-state index contributed by atoms with van der Waals surface area (Å²) in [6.45, 7) is 0. The highest BCUT2D eigenvalue weighted by Crippen LogP contribution is 2.46. The number of hydrogen-bond donors (Lipinski definition) is 1. The maximum atomic E-state index is 12.7. The smallest absolute Gasteiger partial charge is 0.334 e. The molecule has 1 unspecified atom stereocenters. The number of alkyl halides is 3. The molecule has 2 aromatic heterocycles. The number of aromatic nitrogens is 3. The highest BCUT2D eigenvalue weighted by Gasteiger charge is 2.45. The van der Waals surface area contributed by atoms with Crippen LogP contribution in [-0.4, -0.2) is 32.9 Å². The molecular weight excluding hydrogens is 459 g/mol. The number of carbonyl (C=O) groups excluding carboxylic acids is 1. The molecule has 1 N–H and O–H groups in total. The van der Waals surface area contributed by atoms with Crippen molar-refractivity contribution in [3.63, 3.8) is 0 Å². The summed E-state index contributed by atoms with van der Waals surface area (Å²) in [5, 5.41) is 0. The van der Waals surface area contributed by atoms with Gasteiger partial charge in [-0.25, -0.2) is 19.8 Å². The van der Waals surface area contributed by atoms with Crippen molar-refractivity contribution in [2.24, 2.45) is 4.99 Å². The van der Waals surface area contributed by atoms with Crippen LogP contribution in [-0.2, 0) is 15.2 Å². The van der Waals surface area contributed by atoms with Crippen LogP contribution in [0.5, 0.6) is 0 Å². The van der Waals surface area contributed by atoms with Gasteiger partial charge in [0.05, 0.1) is 0 Å². The average Bonchev–Trinajstić information content (AvgIpc) is 3.23. The fraction of sp³-hybridized carbons (Fsp3) is 0.0800. The van der Waals surface area contributed by atoms with Crippen molar-refractivity contribution in [2.45, 2.75) is 11.7 Å². The first-order valence-electron chi connectivity index (χ1n) is 10.4. The molecule has 0 bridgehead atoms. The van der Waals surface area contributed by atoms with Crippen LogP contribution in [0.15, 0.2) is 96.8 Å². The van der Waals surface area contributed by atoms with E-state index < -0.39 is 17.7 Å². The van der Waals surface area contributed by atoms with E-state index in [1.54, 1.807) is 49.1 Å². The van der Waals surface area contributed by atoms with Gasteiger partial charge in [0.25, 0.3) is 0 Å². The number of fused-ring (bicyclic) bond motifs is 1. The zero-order chi connectivity index (χ0) is 24.5. The minimum absolute atomic E-state index is 0.0107. The third-order valence-corrected chi connectivity index (χ3v) is 5.60. The van der Waals surface area contributed by atoms with Crippen LogP contribution in [0.3, 0.4) is 0 Å². The Morgan fingerprint density at radius 3 is 2.34 bits per heavy atom. The van der Waals surface area contributed by atoms with E-state index in [2.05, 4.69) is 25.3 Å². The number of halogens is 3. The zero-order valence-electron chi connectivity index (χ0n) is 17.9. The van der Waals surface area contributed by atoms with Crippen molar-refractivity contribution < 1.29 is 22.8 Å². The van der Waals surface area contributed by atoms with Crippen molar-refractivity contribution in [1.82, 2.24) is 20.4 Å². The topological polar surface area (TPSA) is 89.4 Å². The zero-order valence-corrected chi connectivity index (χ0v) is 17.9. The fourth-order valence-electron chi connectivity index (χ4n) is 4.10. The molecule has 0 amide bonds. The van der Waals surface area contributed by atoms with Gasteiger partial charge in [0.15, 0.2) is 5.84 Å². The van der Waals surface area contributed by atoms with Crippen molar-refractivity contribution in [3.05, 3.63) is 114 Å². The third kappa shape index (κ3) is 3.99. The summed E-state index contributed by atoms with van der Waals surface area (Å²) in [6.07, 6.45) is 2.86. The van der Waals surface area contributed by atoms with E-state index in [1.807, 2.05) is 36.4 Å². The van der Waals surface area contributed by atoms with E-state index in [0.717, 1.165) is 22.3 Å². The summed E-state index contributed by atoms with van der Waals surface area (Å²) < 4.78 is 38.2. The standard InChI is InChI=1S/C25H16F3N5O2/c26-25(27,28)23(34)35-33-22-20-6-1-2-7-21(20)24(32-22,18-8-10-29-11-9-18)19-5-3-4-16(12-19)17-13-30-15-31-14-17/h1-15H,(H,32,33). The summed E-state index contributed by atoms with van der Waals surface area (Å²) in [7, 11) is 0. The number of nitrogens with one attached hydrogen (secondary N) is 1. The maximum absolute atomic E-state index is 12.7. The van der Waals surface area contributed by atoms with E-state index >= 15 is 0 Å². The molecule has 5 rings (SSSR count). The fourth-order valence-corrected chi connectivity index (χ4v) is 4.10. The lowest BCUT2D eigenvalue weighted by atomic mass is 9.77. The van der Waals surface area contributed by atoms with Gasteiger partial charge in [-0.3, -0.25) is 4.98 Å². The summed E-state index contributed by atoms with van der Waals surface area (Å²) in [6, 6.07) is 18.2. The average molecular weight is 475 g/mol. The van der Waals surface area contributed by atoms with Gasteiger partial charge in [-0.1, -0.05) is 42.5 Å². The molecule has 3 heterocycles. The molecule has 0 radical (unpaired) electrons. The molecule has 10 heteroatoms. The predicted molar refractivity (Wildman–Crippen MR) is 120 cm³/mol. The Morgan fingerprint density at radius 2 is 1.60 bits per heavy atom. The van der Waals surface area contributed by atoms with Crippen LogP contribution in [0.2, 0.25) is 0 Å². The highest BCUT2D eigenvalue weighted by atomic mass is 19.4. The van der Waals surface area contributed by atoms with Crippen molar-refractivity contribution >= 4 is 11.8 Å². The van der Waals surface area contributed by atoms with E-state index in [4.69, 9.17) is 4.99 Å². The normalized spacial score (nSPS) is 16.8. The quantitative estimate of drug-likeness (QED) is 0.447. The van der Waals surface area contributed by atoms with Crippen LogP contribution in [0.25, 0.3) is 11.1 Å². The molecule has 1 aliphatic rings. The number of nitrogens with zero attached hydrogens (tertiary/aromatic N) is 4. The Morgan fingerprint density at radius 1 is 0.857 bits per heavy atom. The molecule has 0 saturated carbocycles. The predicted octanol–water partition coefficient (Wildman–Crippen LogP) is 4.20. The van der Waals surface area contributed by atoms with Gasteiger partial charge in [-0.15, -0.1) is 0 Å². The van der Waals surface area contributed by atoms with Crippen LogP contribution < -0.4 is 5.48 Å². The molecule has 2 aromatic carbocycles. The van der Waals surface area contributed by atoms with Gasteiger partial charge in [0.2, 0.25) is 0 Å². The number of hydroxylamine groups is 1. The molecule has 1 atom stereocenters. The van der Waals surface area contributed by atoms with Crippen LogP contribution in [0.1, 0.15) is 22.3 Å². The Labute approximate surface area is 197 Å². The largest absolute Gasteiger partial charge is 0.493 e. The number of amidine groups is 1. The van der Waals surface area contributed by atoms with Gasteiger partial charge in [0.1, 0.15) is 11.9 Å². The van der Waals surface area contributed by atoms with Gasteiger partial charge >= 0.3 is 12.1 Å². The van der Waals surface area contributed by atoms with Crippen molar-refractivity contribution in [1.29, 1.82) is 0 Å². The van der Waals surface area contributed by atoms with E-state index in [1.165, 1.54) is 6.33 Å². The SMILES string of the molecule is O=C(ONC1=NC(c2ccncc2)(c2cccc(-c3cncnc3)c2)c2ccccc21)C(F)(F)F. The first-order chi connectivity index (χ1) is 16.9. The van der Waals surface area contributed by atoms with Crippen LogP contribution in [0.4, 0.5) is 13.2 Å². The molecule has 0 saturated heterocycles. The summed E-state index contributed by atoms with van der Waals surface area (Å²) >= 11 is 0. The molecule has 0 aliphatic carbocycles. The molecule has 4 aromatic rings. The Hall–Kier alpha value is -4.60. The number of rotatable bonds is 3. The number of pyridine rings is 1. The van der Waals surface area contributed by atoms with E-state index in [-0.39, 0.29) is 5.84 Å². The number of hydrogen-bond acceptors (Lipinski definition) is 7. The monoisotopic (exact) mass is 475 g/mol. The summed E-state index contributed by atoms with van der Waals surface area (Å²) in [4.78, 5) is 32.7. The number of benzene rings is 2. The molecule has 35 heavy (non-hydrogen) atoms. The minimum atomic E-state index is -5.15. The van der Waals surface area contributed by atoms with Crippen LogP contribution >= 0.6 is 0 Å². The van der Waals surface area contributed by atoms with Crippen LogP contribution in [0, 0.1) is 0 Å². The molecular formula is C25H16F3N5O2. The molecule has 0 fully saturated rings. The Balaban J connectivity index is 1.69. The van der Waals surface area contributed by atoms with Gasteiger partial charge < -0.3 is 4.84 Å². The van der Waals surface area contributed by atoms with Gasteiger partial charge in [0, 0.05) is 35.9 Å². The Kier molecular flexibility index (Phi) is 5.48. The van der Waals surface area contributed by atoms with Gasteiger partial charge in [-0.2, -0.15) is 18.7 Å². The molecule has 7 nitrogen and oxygen atoms in total. The van der Waals surface area contributed by atoms with Gasteiger partial charge in [-0.05, 0) is 40.5 Å². The second-order valence-corrected chi connectivity index (χ2v) is 7.65. The Bertz CT molecular complexity index is 1410. The third-order valence-electron chi connectivity index (χ3n) is 5.60. The second-order valence-electron chi connectivity index (χ2n) is 7.65. The lowest BCUT2D eigenvalue weighted by Crippen LogP contribution is -2.34. The molecule has 0 spiro atoms. The first-order valence-corrected chi connectivity index (χ1v) is 10.4. The lowest BCUT2D eigenvalue weighted by molar-refractivity contribution is -0.203. The lowest BCUT2D eigenvalue weighted by Gasteiger charge is -2.29. The molecule has 174 valence electrons. The van der Waals surface area contributed by atoms with Crippen molar-refractivity contribution in [3.8, 4) is 11.1 Å². The summed E-state index contributed by atoms with van der Waals surface area (Å²) in [5.74, 6) is -2.38. The van der Waals surface area contributed by atoms with Crippen molar-refractivity contribution in [2.75, 3.05) is 0 Å². The first kappa shape index (κ1) is 22.2.